The van der Waals surface area contributed by atoms with E-state index in [0.29, 0.717) is 22.7 Å². The summed E-state index contributed by atoms with van der Waals surface area (Å²) in [6.45, 7) is 0. The summed E-state index contributed by atoms with van der Waals surface area (Å²) in [6.07, 6.45) is 6.24. The second-order valence-electron chi connectivity index (χ2n) is 11.2. The van der Waals surface area contributed by atoms with E-state index in [1.165, 1.54) is 0 Å². The highest BCUT2D eigenvalue weighted by Gasteiger charge is 2.23. The topological polar surface area (TPSA) is 127 Å². The lowest BCUT2D eigenvalue weighted by Gasteiger charge is -2.26. The normalized spacial score (nSPS) is 12.6. The van der Waals surface area contributed by atoms with Crippen LogP contribution in [0.4, 0.5) is 5.69 Å². The van der Waals surface area contributed by atoms with E-state index in [1.807, 2.05) is 78.9 Å². The molecule has 1 fully saturated rings. The van der Waals surface area contributed by atoms with Crippen LogP contribution in [0.2, 0.25) is 0 Å². The number of carbonyl (C=O) groups is 2. The zero-order valence-electron chi connectivity index (χ0n) is 25.2. The lowest BCUT2D eigenvalue weighted by molar-refractivity contribution is 0.0913. The molecule has 4 aromatic carbocycles. The number of anilines is 1. The van der Waals surface area contributed by atoms with Gasteiger partial charge < -0.3 is 15.1 Å². The quantitative estimate of drug-likeness (QED) is 0.209. The first-order valence-corrected chi connectivity index (χ1v) is 15.3. The molecule has 7 aromatic rings. The first kappa shape index (κ1) is 29.5. The molecule has 9 heteroatoms. The molecular weight excluding hydrogens is 590 g/mol. The van der Waals surface area contributed by atoms with Gasteiger partial charge in [-0.25, -0.2) is 19.7 Å². The molecule has 0 bridgehead atoms. The van der Waals surface area contributed by atoms with Crippen LogP contribution in [-0.4, -0.2) is 32.8 Å². The molecular formula is C38H29N5O4. The number of nitrogens with one attached hydrogen (secondary N) is 2. The van der Waals surface area contributed by atoms with Crippen molar-refractivity contribution in [2.45, 2.75) is 25.3 Å². The number of hydrogen-bond donors (Lipinski definition) is 2. The zero-order valence-corrected chi connectivity index (χ0v) is 25.2. The average Bonchev–Trinajstić information content (AvgIpc) is 3.09. The van der Waals surface area contributed by atoms with E-state index in [-0.39, 0.29) is 29.1 Å². The van der Waals surface area contributed by atoms with Crippen LogP contribution in [-0.2, 0) is 0 Å². The average molecular weight is 620 g/mol. The largest absolute Gasteiger partial charge is 0.402 e. The van der Waals surface area contributed by atoms with Gasteiger partial charge in [-0.05, 0) is 77.2 Å². The number of rotatable bonds is 5. The van der Waals surface area contributed by atoms with Crippen LogP contribution in [0.25, 0.3) is 44.0 Å². The minimum absolute atomic E-state index is 0.214. The summed E-state index contributed by atoms with van der Waals surface area (Å²) in [7, 11) is 0. The molecule has 1 aliphatic rings. The summed E-state index contributed by atoms with van der Waals surface area (Å²) in [4.78, 5) is 49.9. The lowest BCUT2D eigenvalue weighted by atomic mass is 9.93. The Balaban J connectivity index is 0.000000153. The van der Waals surface area contributed by atoms with Crippen LogP contribution in [0.3, 0.4) is 0 Å². The van der Waals surface area contributed by atoms with Gasteiger partial charge in [0.15, 0.2) is 11.2 Å². The summed E-state index contributed by atoms with van der Waals surface area (Å²) < 4.78 is 5.36. The molecule has 0 spiro atoms. The molecule has 2 N–H and O–H groups in total. The molecule has 8 rings (SSSR count). The summed E-state index contributed by atoms with van der Waals surface area (Å²) in [5, 5.41) is 9.75. The van der Waals surface area contributed by atoms with Gasteiger partial charge in [0.25, 0.3) is 11.8 Å². The van der Waals surface area contributed by atoms with E-state index in [9.17, 15) is 14.4 Å². The smallest absolute Gasteiger partial charge is 0.365 e. The van der Waals surface area contributed by atoms with Gasteiger partial charge in [-0.15, -0.1) is 0 Å². The Labute approximate surface area is 269 Å². The summed E-state index contributed by atoms with van der Waals surface area (Å²) in [6, 6.07) is 34.2. The third kappa shape index (κ3) is 6.19. The number of nitrogens with zero attached hydrogens (tertiary/aromatic N) is 3. The molecule has 0 aliphatic heterocycles. The van der Waals surface area contributed by atoms with Gasteiger partial charge >= 0.3 is 5.63 Å². The maximum atomic E-state index is 12.8. The van der Waals surface area contributed by atoms with Crippen LogP contribution < -0.4 is 16.3 Å². The highest BCUT2D eigenvalue weighted by molar-refractivity contribution is 6.14. The first-order chi connectivity index (χ1) is 23.0. The predicted molar refractivity (Wildman–Crippen MR) is 182 cm³/mol. The number of carbonyl (C=O) groups excluding carboxylic acids is 2. The Morgan fingerprint density at radius 2 is 1.38 bits per heavy atom. The third-order valence-corrected chi connectivity index (χ3v) is 8.16. The molecule has 0 saturated heterocycles. The van der Waals surface area contributed by atoms with Crippen molar-refractivity contribution >= 4 is 50.1 Å². The molecule has 9 nitrogen and oxygen atoms in total. The number of benzene rings is 4. The summed E-state index contributed by atoms with van der Waals surface area (Å²) in [5.74, 6) is -0.187. The van der Waals surface area contributed by atoms with Crippen LogP contribution in [0.1, 0.15) is 40.1 Å². The van der Waals surface area contributed by atoms with E-state index in [1.54, 1.807) is 42.7 Å². The highest BCUT2D eigenvalue weighted by Crippen LogP contribution is 2.27. The van der Waals surface area contributed by atoms with Gasteiger partial charge in [-0.3, -0.25) is 9.59 Å². The lowest BCUT2D eigenvalue weighted by Crippen LogP contribution is -2.40. The Kier molecular flexibility index (Phi) is 8.17. The molecule has 230 valence electrons. The second kappa shape index (κ2) is 13.0. The Bertz CT molecular complexity index is 2320. The van der Waals surface area contributed by atoms with Crippen molar-refractivity contribution in [2.24, 2.45) is 0 Å². The van der Waals surface area contributed by atoms with Gasteiger partial charge in [0, 0.05) is 29.6 Å². The number of pyridine rings is 2. The molecule has 1 aliphatic carbocycles. The van der Waals surface area contributed by atoms with E-state index < -0.39 is 5.63 Å². The Hall–Kier alpha value is -6.22. The monoisotopic (exact) mass is 619 g/mol. The van der Waals surface area contributed by atoms with Gasteiger partial charge in [-0.2, -0.15) is 0 Å². The number of aromatic nitrogens is 3. The maximum Gasteiger partial charge on any atom is 0.365 e. The summed E-state index contributed by atoms with van der Waals surface area (Å²) in [5.41, 5.74) is 2.35. The predicted octanol–water partition coefficient (Wildman–Crippen LogP) is 7.17. The number of hydrogen-bond acceptors (Lipinski definition) is 7. The van der Waals surface area contributed by atoms with Gasteiger partial charge in [0.1, 0.15) is 5.52 Å². The molecule has 0 unspecified atom stereocenters. The standard InChI is InChI=1S/C21H19N3O2.C17H10N2O2/c25-20(17-11-3-7-14-6-1-2-10-16(14)17)24-18-12-5-13-22-19(18)21(26)23-15-8-4-9-15;20-17-15-14(9-4-10-18-15)19-16(21-17)13-8-3-6-11-5-1-2-7-12(11)13/h1-3,5-7,10-13,15H,4,8-9H2,(H,23,26)(H,24,25);1-10H. The summed E-state index contributed by atoms with van der Waals surface area (Å²) >= 11 is 0. The minimum atomic E-state index is -0.469. The van der Waals surface area contributed by atoms with Crippen molar-refractivity contribution < 1.29 is 14.0 Å². The number of fused-ring (bicyclic) bond motifs is 3. The highest BCUT2D eigenvalue weighted by atomic mass is 16.4. The van der Waals surface area contributed by atoms with E-state index >= 15 is 0 Å². The van der Waals surface area contributed by atoms with Crippen molar-refractivity contribution in [1.82, 2.24) is 20.3 Å². The Morgan fingerprint density at radius 3 is 2.17 bits per heavy atom. The fourth-order valence-corrected chi connectivity index (χ4v) is 5.55. The fourth-order valence-electron chi connectivity index (χ4n) is 5.55. The van der Waals surface area contributed by atoms with Crippen LogP contribution >= 0.6 is 0 Å². The van der Waals surface area contributed by atoms with Crippen molar-refractivity contribution in [3.8, 4) is 11.5 Å². The SMILES string of the molecule is O=C(NC1CCC1)c1ncccc1NC(=O)c1cccc2ccccc12.O=c1oc(-c2cccc3ccccc23)nc2cccnc12. The first-order valence-electron chi connectivity index (χ1n) is 15.3. The zero-order chi connectivity index (χ0) is 32.2. The number of amides is 2. The molecule has 0 atom stereocenters. The van der Waals surface area contributed by atoms with Crippen LogP contribution in [0.5, 0.6) is 0 Å². The van der Waals surface area contributed by atoms with Gasteiger partial charge in [0.05, 0.1) is 5.69 Å². The van der Waals surface area contributed by atoms with E-state index in [4.69, 9.17) is 4.42 Å². The van der Waals surface area contributed by atoms with Crippen molar-refractivity contribution in [3.05, 3.63) is 143 Å². The molecule has 2 amide bonds. The Morgan fingerprint density at radius 1 is 0.702 bits per heavy atom. The molecule has 3 heterocycles. The molecule has 0 radical (unpaired) electrons. The van der Waals surface area contributed by atoms with E-state index in [2.05, 4.69) is 25.6 Å². The second-order valence-corrected chi connectivity index (χ2v) is 11.2. The van der Waals surface area contributed by atoms with Crippen LogP contribution in [0, 0.1) is 0 Å². The van der Waals surface area contributed by atoms with E-state index in [0.717, 1.165) is 46.4 Å². The van der Waals surface area contributed by atoms with Crippen molar-refractivity contribution in [3.63, 3.8) is 0 Å². The molecule has 47 heavy (non-hydrogen) atoms. The van der Waals surface area contributed by atoms with Crippen LogP contribution in [0.15, 0.2) is 131 Å². The van der Waals surface area contributed by atoms with Crippen molar-refractivity contribution in [1.29, 1.82) is 0 Å². The molecule has 1 saturated carbocycles. The van der Waals surface area contributed by atoms with Crippen molar-refractivity contribution in [2.75, 3.05) is 5.32 Å². The third-order valence-electron chi connectivity index (χ3n) is 8.16. The maximum absolute atomic E-state index is 12.8. The van der Waals surface area contributed by atoms with Gasteiger partial charge in [-0.1, -0.05) is 72.8 Å². The minimum Gasteiger partial charge on any atom is -0.402 e. The fraction of sp³-hybridized carbons (Fsp3) is 0.105. The van der Waals surface area contributed by atoms with Gasteiger partial charge in [0.2, 0.25) is 5.89 Å². The molecule has 3 aromatic heterocycles.